The molecule has 1 atom stereocenters. The van der Waals surface area contributed by atoms with Gasteiger partial charge in [0.25, 0.3) is 5.91 Å². The van der Waals surface area contributed by atoms with Crippen LogP contribution in [0.15, 0.2) is 12.1 Å². The highest BCUT2D eigenvalue weighted by atomic mass is 35.5. The van der Waals surface area contributed by atoms with Crippen LogP contribution in [-0.2, 0) is 9.53 Å². The Morgan fingerprint density at radius 1 is 1.30 bits per heavy atom. The van der Waals surface area contributed by atoms with Crippen molar-refractivity contribution in [1.29, 1.82) is 0 Å². The van der Waals surface area contributed by atoms with Crippen molar-refractivity contribution >= 4 is 34.8 Å². The number of benzene rings is 1. The second-order valence-corrected chi connectivity index (χ2v) is 6.01. The third kappa shape index (κ3) is 7.02. The molecule has 23 heavy (non-hydrogen) atoms. The molecule has 1 amide bonds. The van der Waals surface area contributed by atoms with E-state index < -0.39 is 0 Å². The lowest BCUT2D eigenvalue weighted by atomic mass is 10.1. The maximum absolute atomic E-state index is 11.8. The number of halogens is 1. The first kappa shape index (κ1) is 19.5. The minimum absolute atomic E-state index is 0.0347. The number of nitrogens with one attached hydrogen (secondary N) is 3. The third-order valence-electron chi connectivity index (χ3n) is 2.88. The van der Waals surface area contributed by atoms with Crippen LogP contribution in [0.2, 0.25) is 5.02 Å². The summed E-state index contributed by atoms with van der Waals surface area (Å²) in [7, 11) is 1.61. The van der Waals surface area contributed by atoms with Gasteiger partial charge in [0, 0.05) is 18.2 Å². The number of aryl methyl sites for hydroxylation is 2. The van der Waals surface area contributed by atoms with Gasteiger partial charge in [-0.2, -0.15) is 0 Å². The number of amides is 1. The normalized spacial score (nSPS) is 11.5. The zero-order valence-corrected chi connectivity index (χ0v) is 15.2. The molecule has 0 aliphatic rings. The molecule has 8 heteroatoms. The fourth-order valence-corrected chi connectivity index (χ4v) is 2.56. The molecule has 0 radical (unpaired) electrons. The van der Waals surface area contributed by atoms with E-state index in [1.54, 1.807) is 19.2 Å². The Morgan fingerprint density at radius 3 is 2.48 bits per heavy atom. The lowest BCUT2D eigenvalue weighted by Crippen LogP contribution is -2.50. The highest BCUT2D eigenvalue weighted by molar-refractivity contribution is 7.80. The van der Waals surface area contributed by atoms with Gasteiger partial charge in [-0.1, -0.05) is 11.6 Å². The molecule has 1 rings (SSSR count). The van der Waals surface area contributed by atoms with Crippen molar-refractivity contribution in [2.45, 2.75) is 26.8 Å². The highest BCUT2D eigenvalue weighted by Gasteiger charge is 2.09. The Hall–Kier alpha value is -1.57. The number of methoxy groups -OCH3 is 1. The summed E-state index contributed by atoms with van der Waals surface area (Å²) in [5.41, 5.74) is 6.83. The van der Waals surface area contributed by atoms with E-state index in [1.807, 2.05) is 20.8 Å². The van der Waals surface area contributed by atoms with Crippen molar-refractivity contribution in [3.05, 3.63) is 28.3 Å². The van der Waals surface area contributed by atoms with E-state index in [-0.39, 0.29) is 18.6 Å². The molecule has 0 fully saturated rings. The van der Waals surface area contributed by atoms with Crippen LogP contribution >= 0.6 is 23.8 Å². The monoisotopic (exact) mass is 359 g/mol. The fourth-order valence-electron chi connectivity index (χ4n) is 1.98. The second-order valence-electron chi connectivity index (χ2n) is 5.16. The van der Waals surface area contributed by atoms with Gasteiger partial charge in [0.05, 0.1) is 6.61 Å². The topological polar surface area (TPSA) is 71.6 Å². The maximum atomic E-state index is 11.8. The lowest BCUT2D eigenvalue weighted by Gasteiger charge is -2.17. The molecule has 0 aliphatic carbocycles. The van der Waals surface area contributed by atoms with Gasteiger partial charge in [0.15, 0.2) is 11.7 Å². The molecule has 0 aliphatic heterocycles. The SMILES string of the molecule is COC[C@@H](C)NC(=S)NNC(=O)COc1c(C)cc(Cl)cc1C. The van der Waals surface area contributed by atoms with Gasteiger partial charge in [0.1, 0.15) is 5.75 Å². The maximum Gasteiger partial charge on any atom is 0.276 e. The number of carbonyl (C=O) groups is 1. The van der Waals surface area contributed by atoms with Gasteiger partial charge in [-0.15, -0.1) is 0 Å². The van der Waals surface area contributed by atoms with Gasteiger partial charge in [-0.05, 0) is 56.2 Å². The molecule has 0 heterocycles. The Kier molecular flexibility index (Phi) is 8.08. The lowest BCUT2D eigenvalue weighted by molar-refractivity contribution is -0.123. The molecule has 0 aromatic heterocycles. The molecular formula is C15H22ClN3O3S. The van der Waals surface area contributed by atoms with Crippen molar-refractivity contribution < 1.29 is 14.3 Å². The van der Waals surface area contributed by atoms with Crippen LogP contribution in [0, 0.1) is 13.8 Å². The third-order valence-corrected chi connectivity index (χ3v) is 3.32. The largest absolute Gasteiger partial charge is 0.483 e. The van der Waals surface area contributed by atoms with E-state index in [4.69, 9.17) is 33.3 Å². The van der Waals surface area contributed by atoms with Gasteiger partial charge >= 0.3 is 0 Å². The van der Waals surface area contributed by atoms with Gasteiger partial charge < -0.3 is 14.8 Å². The number of ether oxygens (including phenoxy) is 2. The molecule has 0 saturated carbocycles. The van der Waals surface area contributed by atoms with Crippen LogP contribution in [-0.4, -0.2) is 37.4 Å². The van der Waals surface area contributed by atoms with E-state index in [9.17, 15) is 4.79 Å². The van der Waals surface area contributed by atoms with Crippen molar-refractivity contribution in [3.8, 4) is 5.75 Å². The summed E-state index contributed by atoms with van der Waals surface area (Å²) in [5, 5.41) is 3.91. The summed E-state index contributed by atoms with van der Waals surface area (Å²) in [4.78, 5) is 11.8. The minimum atomic E-state index is -0.345. The van der Waals surface area contributed by atoms with E-state index in [2.05, 4.69) is 16.2 Å². The van der Waals surface area contributed by atoms with Crippen molar-refractivity contribution in [1.82, 2.24) is 16.2 Å². The molecule has 3 N–H and O–H groups in total. The Balaban J connectivity index is 2.39. The van der Waals surface area contributed by atoms with Crippen LogP contribution in [0.25, 0.3) is 0 Å². The summed E-state index contributed by atoms with van der Waals surface area (Å²) in [6.45, 7) is 6.04. The van der Waals surface area contributed by atoms with Crippen LogP contribution in [0.3, 0.4) is 0 Å². The zero-order valence-electron chi connectivity index (χ0n) is 13.7. The number of hydrogen-bond donors (Lipinski definition) is 3. The molecular weight excluding hydrogens is 338 g/mol. The smallest absolute Gasteiger partial charge is 0.276 e. The molecule has 0 unspecified atom stereocenters. The number of hydrogen-bond acceptors (Lipinski definition) is 4. The number of hydrazine groups is 1. The summed E-state index contributed by atoms with van der Waals surface area (Å²) in [6.07, 6.45) is 0. The van der Waals surface area contributed by atoms with Crippen LogP contribution in [0.4, 0.5) is 0 Å². The summed E-state index contributed by atoms with van der Waals surface area (Å²) in [6, 6.07) is 3.61. The zero-order chi connectivity index (χ0) is 17.4. The van der Waals surface area contributed by atoms with Crippen LogP contribution in [0.5, 0.6) is 5.75 Å². The van der Waals surface area contributed by atoms with Gasteiger partial charge in [-0.3, -0.25) is 15.6 Å². The number of thiocarbonyl (C=S) groups is 1. The summed E-state index contributed by atoms with van der Waals surface area (Å²) >= 11 is 11.0. The van der Waals surface area contributed by atoms with E-state index >= 15 is 0 Å². The van der Waals surface area contributed by atoms with Crippen molar-refractivity contribution in [2.75, 3.05) is 20.3 Å². The minimum Gasteiger partial charge on any atom is -0.483 e. The van der Waals surface area contributed by atoms with Crippen molar-refractivity contribution in [2.24, 2.45) is 0 Å². The molecule has 1 aromatic rings. The standard InChI is InChI=1S/C15H22ClN3O3S/c1-9-5-12(16)6-10(2)14(9)22-8-13(20)18-19-15(23)17-11(3)7-21-4/h5-6,11H,7-8H2,1-4H3,(H,18,20)(H2,17,19,23)/t11-/m1/s1. The molecule has 128 valence electrons. The van der Waals surface area contributed by atoms with E-state index in [0.29, 0.717) is 22.5 Å². The predicted molar refractivity (Wildman–Crippen MR) is 94.8 cm³/mol. The molecule has 1 aromatic carbocycles. The number of rotatable bonds is 6. The van der Waals surface area contributed by atoms with Crippen LogP contribution in [0.1, 0.15) is 18.1 Å². The quantitative estimate of drug-likeness (QED) is 0.532. The first-order valence-corrected chi connectivity index (χ1v) is 7.86. The van der Waals surface area contributed by atoms with Gasteiger partial charge in [0.2, 0.25) is 0 Å². The van der Waals surface area contributed by atoms with Crippen molar-refractivity contribution in [3.63, 3.8) is 0 Å². The average molecular weight is 360 g/mol. The molecule has 6 nitrogen and oxygen atoms in total. The average Bonchev–Trinajstić information content (AvgIpc) is 2.44. The first-order valence-electron chi connectivity index (χ1n) is 7.07. The van der Waals surface area contributed by atoms with Gasteiger partial charge in [-0.25, -0.2) is 0 Å². The Bertz CT molecular complexity index is 546. The highest BCUT2D eigenvalue weighted by Crippen LogP contribution is 2.26. The first-order chi connectivity index (χ1) is 10.8. The molecule has 0 spiro atoms. The Labute approximate surface area is 146 Å². The van der Waals surface area contributed by atoms with E-state index in [1.165, 1.54) is 0 Å². The summed E-state index contributed by atoms with van der Waals surface area (Å²) < 4.78 is 10.5. The predicted octanol–water partition coefficient (Wildman–Crippen LogP) is 1.87. The number of carbonyl (C=O) groups excluding carboxylic acids is 1. The Morgan fingerprint density at radius 2 is 1.91 bits per heavy atom. The fraction of sp³-hybridized carbons (Fsp3) is 0.467. The molecule has 0 saturated heterocycles. The van der Waals surface area contributed by atoms with Crippen LogP contribution < -0.4 is 20.9 Å². The second kappa shape index (κ2) is 9.54. The van der Waals surface area contributed by atoms with E-state index in [0.717, 1.165) is 11.1 Å². The molecule has 0 bridgehead atoms. The summed E-state index contributed by atoms with van der Waals surface area (Å²) in [5.74, 6) is 0.307.